The number of fused-ring (bicyclic) bond motifs is 2. The largest absolute Gasteiger partial charge is 0.297 e. The van der Waals surface area contributed by atoms with Crippen LogP contribution in [0.15, 0.2) is 0 Å². The van der Waals surface area contributed by atoms with E-state index in [9.17, 15) is 10.0 Å². The first-order chi connectivity index (χ1) is 4.99. The van der Waals surface area contributed by atoms with Gasteiger partial charge in [0.05, 0.1) is 5.54 Å². The molecule has 61 valence electrons. The van der Waals surface area contributed by atoms with E-state index in [1.807, 2.05) is 6.92 Å². The number of nitrogens with zero attached hydrogens (tertiary/aromatic N) is 1. The Labute approximate surface area is 66.0 Å². The summed E-state index contributed by atoms with van der Waals surface area (Å²) in [7, 11) is 0. The van der Waals surface area contributed by atoms with E-state index in [1.54, 1.807) is 6.92 Å². The topological polar surface area (TPSA) is 40.2 Å². The monoisotopic (exact) mass is 154 g/mol. The number of ketones is 1. The normalized spacial score (nSPS) is 50.6. The molecular weight excluding hydrogens is 142 g/mol. The average molecular weight is 154 g/mol. The highest BCUT2D eigenvalue weighted by atomic mass is 16.5. The van der Waals surface area contributed by atoms with Crippen molar-refractivity contribution >= 4 is 5.78 Å². The van der Waals surface area contributed by atoms with Gasteiger partial charge in [0.25, 0.3) is 0 Å². The SMILES string of the molecule is CC12CCC(C)(C(=O)C1)N2[O]. The van der Waals surface area contributed by atoms with Gasteiger partial charge in [0, 0.05) is 6.42 Å². The fourth-order valence-corrected chi connectivity index (χ4v) is 2.26. The molecule has 0 amide bonds. The van der Waals surface area contributed by atoms with Crippen LogP contribution in [0, 0.1) is 0 Å². The predicted molar refractivity (Wildman–Crippen MR) is 38.2 cm³/mol. The van der Waals surface area contributed by atoms with Crippen molar-refractivity contribution in [2.24, 2.45) is 0 Å². The van der Waals surface area contributed by atoms with Crippen molar-refractivity contribution in [2.45, 2.75) is 44.2 Å². The zero-order chi connectivity index (χ0) is 8.28. The van der Waals surface area contributed by atoms with Crippen molar-refractivity contribution in [2.75, 3.05) is 0 Å². The van der Waals surface area contributed by atoms with E-state index in [0.29, 0.717) is 6.42 Å². The maximum Gasteiger partial charge on any atom is 0.157 e. The summed E-state index contributed by atoms with van der Waals surface area (Å²) in [5.74, 6) is 0.126. The summed E-state index contributed by atoms with van der Waals surface area (Å²) in [6.07, 6.45) is 2.07. The molecule has 0 N–H and O–H groups in total. The van der Waals surface area contributed by atoms with Gasteiger partial charge >= 0.3 is 0 Å². The Kier molecular flexibility index (Phi) is 1.10. The van der Waals surface area contributed by atoms with Crippen LogP contribution in [0.3, 0.4) is 0 Å². The van der Waals surface area contributed by atoms with E-state index in [1.165, 1.54) is 0 Å². The van der Waals surface area contributed by atoms with Crippen molar-refractivity contribution in [3.63, 3.8) is 0 Å². The fraction of sp³-hybridized carbons (Fsp3) is 0.875. The highest BCUT2D eigenvalue weighted by molar-refractivity contribution is 5.92. The van der Waals surface area contributed by atoms with Crippen LogP contribution in [0.1, 0.15) is 33.1 Å². The van der Waals surface area contributed by atoms with Crippen LogP contribution >= 0.6 is 0 Å². The summed E-state index contributed by atoms with van der Waals surface area (Å²) >= 11 is 0. The van der Waals surface area contributed by atoms with Crippen LogP contribution in [0.4, 0.5) is 0 Å². The summed E-state index contributed by atoms with van der Waals surface area (Å²) < 4.78 is 0. The number of hydrogen-bond acceptors (Lipinski definition) is 2. The van der Waals surface area contributed by atoms with Gasteiger partial charge in [-0.3, -0.25) is 4.79 Å². The number of Topliss-reactive ketones (excluding diaryl/α,β-unsaturated/α-hetero) is 1. The van der Waals surface area contributed by atoms with Crippen molar-refractivity contribution < 1.29 is 10.0 Å². The van der Waals surface area contributed by atoms with Gasteiger partial charge in [-0.1, -0.05) is 0 Å². The average Bonchev–Trinajstić information content (AvgIpc) is 2.23. The van der Waals surface area contributed by atoms with Gasteiger partial charge in [-0.05, 0) is 26.7 Å². The lowest BCUT2D eigenvalue weighted by Gasteiger charge is -2.23. The smallest absolute Gasteiger partial charge is 0.157 e. The second-order valence-electron chi connectivity index (χ2n) is 4.17. The Hall–Kier alpha value is -0.410. The van der Waals surface area contributed by atoms with Crippen LogP contribution in [0.2, 0.25) is 0 Å². The van der Waals surface area contributed by atoms with Gasteiger partial charge < -0.3 is 0 Å². The molecule has 0 saturated carbocycles. The Morgan fingerprint density at radius 3 is 2.18 bits per heavy atom. The summed E-state index contributed by atoms with van der Waals surface area (Å²) in [6.45, 7) is 3.65. The molecule has 3 heteroatoms. The molecule has 0 aliphatic carbocycles. The van der Waals surface area contributed by atoms with Crippen LogP contribution in [-0.2, 0) is 10.0 Å². The quantitative estimate of drug-likeness (QED) is 0.520. The van der Waals surface area contributed by atoms with Crippen LogP contribution in [0.25, 0.3) is 0 Å². The molecule has 1 radical (unpaired) electrons. The van der Waals surface area contributed by atoms with Crippen LogP contribution < -0.4 is 0 Å². The summed E-state index contributed by atoms with van der Waals surface area (Å²) in [6, 6.07) is 0. The lowest BCUT2D eigenvalue weighted by Crippen LogP contribution is -2.41. The Morgan fingerprint density at radius 2 is 2.00 bits per heavy atom. The maximum atomic E-state index is 11.5. The van der Waals surface area contributed by atoms with Gasteiger partial charge in [0.1, 0.15) is 5.54 Å². The van der Waals surface area contributed by atoms with Gasteiger partial charge in [0.2, 0.25) is 0 Å². The molecule has 11 heavy (non-hydrogen) atoms. The van der Waals surface area contributed by atoms with E-state index >= 15 is 0 Å². The predicted octanol–water partition coefficient (Wildman–Crippen LogP) is 0.918. The van der Waals surface area contributed by atoms with Crippen LogP contribution in [-0.4, -0.2) is 21.9 Å². The molecular formula is C8H12NO2. The molecule has 2 unspecified atom stereocenters. The minimum atomic E-state index is -0.672. The molecule has 2 rings (SSSR count). The first-order valence-electron chi connectivity index (χ1n) is 4.00. The highest BCUT2D eigenvalue weighted by Gasteiger charge is 2.62. The van der Waals surface area contributed by atoms with E-state index < -0.39 is 5.54 Å². The van der Waals surface area contributed by atoms with E-state index in [2.05, 4.69) is 0 Å². The van der Waals surface area contributed by atoms with Crippen molar-refractivity contribution in [3.05, 3.63) is 0 Å². The van der Waals surface area contributed by atoms with E-state index in [0.717, 1.165) is 17.9 Å². The molecule has 2 fully saturated rings. The standard InChI is InChI=1S/C8H12NO2/c1-7-3-4-8(2,9(7)11)6(10)5-7/h3-5H2,1-2H3. The minimum Gasteiger partial charge on any atom is -0.297 e. The van der Waals surface area contributed by atoms with Gasteiger partial charge in [-0.2, -0.15) is 0 Å². The molecule has 2 heterocycles. The van der Waals surface area contributed by atoms with Crippen molar-refractivity contribution in [3.8, 4) is 0 Å². The Morgan fingerprint density at radius 1 is 1.36 bits per heavy atom. The summed E-state index contributed by atoms with van der Waals surface area (Å²) in [4.78, 5) is 11.3. The number of rotatable bonds is 0. The number of carbonyl (C=O) groups is 1. The number of carbonyl (C=O) groups excluding carboxylic acids is 1. The lowest BCUT2D eigenvalue weighted by atomic mass is 9.83. The molecule has 2 atom stereocenters. The fourth-order valence-electron chi connectivity index (χ4n) is 2.26. The first-order valence-corrected chi connectivity index (χ1v) is 4.00. The zero-order valence-electron chi connectivity index (χ0n) is 6.89. The summed E-state index contributed by atoms with van der Waals surface area (Å²) in [5.41, 5.74) is -1.04. The second kappa shape index (κ2) is 1.67. The van der Waals surface area contributed by atoms with E-state index in [4.69, 9.17) is 0 Å². The number of hydrogen-bond donors (Lipinski definition) is 0. The second-order valence-corrected chi connectivity index (χ2v) is 4.17. The highest BCUT2D eigenvalue weighted by Crippen LogP contribution is 2.49. The molecule has 2 saturated heterocycles. The van der Waals surface area contributed by atoms with Gasteiger partial charge in [0.15, 0.2) is 5.78 Å². The molecule has 0 aromatic carbocycles. The third-order valence-electron chi connectivity index (χ3n) is 3.23. The van der Waals surface area contributed by atoms with Crippen LogP contribution in [0.5, 0.6) is 0 Å². The Balaban J connectivity index is 2.45. The molecule has 0 spiro atoms. The number of hydroxylamine groups is 2. The Bertz CT molecular complexity index is 228. The molecule has 0 aromatic rings. The summed E-state index contributed by atoms with van der Waals surface area (Å²) in [5, 5.41) is 12.5. The molecule has 2 aliphatic heterocycles. The zero-order valence-corrected chi connectivity index (χ0v) is 6.89. The molecule has 3 nitrogen and oxygen atoms in total. The third-order valence-corrected chi connectivity index (χ3v) is 3.23. The van der Waals surface area contributed by atoms with Crippen molar-refractivity contribution in [1.29, 1.82) is 0 Å². The third kappa shape index (κ3) is 0.631. The first kappa shape index (κ1) is 7.25. The molecule has 0 aromatic heterocycles. The molecule has 2 aliphatic rings. The lowest BCUT2D eigenvalue weighted by molar-refractivity contribution is -0.225. The van der Waals surface area contributed by atoms with E-state index in [-0.39, 0.29) is 11.3 Å². The van der Waals surface area contributed by atoms with Gasteiger partial charge in [-0.15, -0.1) is 10.3 Å². The maximum absolute atomic E-state index is 11.5. The van der Waals surface area contributed by atoms with Gasteiger partial charge in [-0.25, -0.2) is 0 Å². The van der Waals surface area contributed by atoms with Crippen molar-refractivity contribution in [1.82, 2.24) is 5.06 Å². The molecule has 2 bridgehead atoms. The minimum absolute atomic E-state index is 0.126.